The van der Waals surface area contributed by atoms with Crippen molar-refractivity contribution in [3.8, 4) is 17.2 Å². The normalized spacial score (nSPS) is 17.8. The third-order valence-electron chi connectivity index (χ3n) is 5.13. The topological polar surface area (TPSA) is 102 Å². The van der Waals surface area contributed by atoms with E-state index in [1.54, 1.807) is 50.8 Å². The number of pyridine rings is 2. The third kappa shape index (κ3) is 3.08. The molecule has 4 aromatic rings. The number of halogens is 1. The van der Waals surface area contributed by atoms with Crippen LogP contribution < -0.4 is 15.4 Å². The van der Waals surface area contributed by atoms with Crippen LogP contribution in [0.2, 0.25) is 0 Å². The number of nitrogens with one attached hydrogen (secondary N) is 2. The van der Waals surface area contributed by atoms with Gasteiger partial charge < -0.3 is 19.8 Å². The molecule has 1 aliphatic rings. The van der Waals surface area contributed by atoms with Crippen molar-refractivity contribution in [1.29, 1.82) is 0 Å². The van der Waals surface area contributed by atoms with Crippen LogP contribution in [0.1, 0.15) is 6.42 Å². The zero-order chi connectivity index (χ0) is 20.8. The summed E-state index contributed by atoms with van der Waals surface area (Å²) in [7, 11) is 3.35. The van der Waals surface area contributed by atoms with Gasteiger partial charge in [0.1, 0.15) is 29.1 Å². The van der Waals surface area contributed by atoms with Gasteiger partial charge in [-0.15, -0.1) is 0 Å². The predicted octanol–water partition coefficient (Wildman–Crippen LogP) is 3.78. The van der Waals surface area contributed by atoms with E-state index in [1.807, 2.05) is 0 Å². The van der Waals surface area contributed by atoms with Crippen LogP contribution in [0.25, 0.3) is 33.3 Å². The number of nitrogens with zero attached hydrogens (tertiary/aromatic N) is 3. The molecule has 2 N–H and O–H groups in total. The first-order valence-corrected chi connectivity index (χ1v) is 9.44. The lowest BCUT2D eigenvalue weighted by Crippen LogP contribution is -2.15. The molecule has 2 atom stereocenters. The summed E-state index contributed by atoms with van der Waals surface area (Å²) >= 11 is 0. The number of rotatable bonds is 5. The summed E-state index contributed by atoms with van der Waals surface area (Å²) in [6.07, 6.45) is 2.45. The van der Waals surface area contributed by atoms with Gasteiger partial charge >= 0.3 is 0 Å². The van der Waals surface area contributed by atoms with Gasteiger partial charge in [0.2, 0.25) is 11.8 Å². The fourth-order valence-corrected chi connectivity index (χ4v) is 3.38. The molecule has 1 aromatic carbocycles. The standard InChI is InChI=1S/C21H18FN5O3/c1-23-19-13-8-24-18(27-20(28)12-6-15(12)22)7-11(13)14(9-25-19)21-26-16-5-10(29-2)3-4-17(16)30-21/h3-5,7-9,12,15H,6H2,1-2H3,(H,23,25)(H,24,27,28)/t12-,15+/m0/s1. The summed E-state index contributed by atoms with van der Waals surface area (Å²) in [6.45, 7) is 0. The van der Waals surface area contributed by atoms with Crippen LogP contribution in [0.3, 0.4) is 0 Å². The number of methoxy groups -OCH3 is 1. The van der Waals surface area contributed by atoms with Gasteiger partial charge in [0.25, 0.3) is 0 Å². The third-order valence-corrected chi connectivity index (χ3v) is 5.13. The molecule has 1 amide bonds. The van der Waals surface area contributed by atoms with E-state index in [1.165, 1.54) is 0 Å². The van der Waals surface area contributed by atoms with Crippen molar-refractivity contribution in [3.05, 3.63) is 36.7 Å². The largest absolute Gasteiger partial charge is 0.497 e. The molecule has 8 nitrogen and oxygen atoms in total. The second kappa shape index (κ2) is 6.94. The van der Waals surface area contributed by atoms with Crippen molar-refractivity contribution < 1.29 is 18.3 Å². The number of aromatic nitrogens is 3. The second-order valence-corrected chi connectivity index (χ2v) is 7.09. The molecule has 9 heteroatoms. The molecule has 0 saturated heterocycles. The number of hydrogen-bond donors (Lipinski definition) is 2. The highest BCUT2D eigenvalue weighted by atomic mass is 19.1. The highest BCUT2D eigenvalue weighted by Gasteiger charge is 2.43. The van der Waals surface area contributed by atoms with Crippen LogP contribution in [0.15, 0.2) is 41.1 Å². The molecular formula is C21H18FN5O3. The van der Waals surface area contributed by atoms with Crippen LogP contribution in [0.5, 0.6) is 5.75 Å². The molecule has 0 aliphatic heterocycles. The molecule has 30 heavy (non-hydrogen) atoms. The molecule has 1 saturated carbocycles. The van der Waals surface area contributed by atoms with Gasteiger partial charge in [0.05, 0.1) is 18.6 Å². The average Bonchev–Trinajstić information content (AvgIpc) is 3.35. The lowest BCUT2D eigenvalue weighted by molar-refractivity contribution is -0.117. The van der Waals surface area contributed by atoms with Gasteiger partial charge in [0.15, 0.2) is 5.58 Å². The van der Waals surface area contributed by atoms with Gasteiger partial charge in [-0.1, -0.05) is 0 Å². The fraction of sp³-hybridized carbons (Fsp3) is 0.238. The van der Waals surface area contributed by atoms with E-state index in [-0.39, 0.29) is 12.3 Å². The molecule has 5 rings (SSSR count). The Kier molecular flexibility index (Phi) is 4.23. The van der Waals surface area contributed by atoms with Crippen LogP contribution in [0.4, 0.5) is 16.0 Å². The number of alkyl halides is 1. The number of hydrogen-bond acceptors (Lipinski definition) is 7. The maximum Gasteiger partial charge on any atom is 0.231 e. The van der Waals surface area contributed by atoms with Gasteiger partial charge in [-0.2, -0.15) is 0 Å². The Labute approximate surface area is 170 Å². The Morgan fingerprint density at radius 2 is 2.07 bits per heavy atom. The van der Waals surface area contributed by atoms with Crippen LogP contribution >= 0.6 is 0 Å². The minimum atomic E-state index is -1.07. The van der Waals surface area contributed by atoms with Crippen LogP contribution in [-0.4, -0.2) is 41.2 Å². The lowest BCUT2D eigenvalue weighted by atomic mass is 10.1. The number of carbonyl (C=O) groups excluding carboxylic acids is 1. The summed E-state index contributed by atoms with van der Waals surface area (Å²) in [6, 6.07) is 7.09. The minimum Gasteiger partial charge on any atom is -0.497 e. The van der Waals surface area contributed by atoms with E-state index >= 15 is 0 Å². The van der Waals surface area contributed by atoms with Crippen molar-refractivity contribution >= 4 is 39.4 Å². The molecular weight excluding hydrogens is 389 g/mol. The number of ether oxygens (including phenoxy) is 1. The van der Waals surface area contributed by atoms with Crippen molar-refractivity contribution in [3.63, 3.8) is 0 Å². The maximum atomic E-state index is 13.2. The first-order valence-electron chi connectivity index (χ1n) is 9.44. The van der Waals surface area contributed by atoms with E-state index in [4.69, 9.17) is 9.15 Å². The number of benzene rings is 1. The molecule has 0 radical (unpaired) electrons. The van der Waals surface area contributed by atoms with E-state index in [2.05, 4.69) is 25.6 Å². The van der Waals surface area contributed by atoms with Gasteiger partial charge in [0, 0.05) is 36.3 Å². The van der Waals surface area contributed by atoms with Gasteiger partial charge in [-0.25, -0.2) is 19.3 Å². The Bertz CT molecular complexity index is 1290. The van der Waals surface area contributed by atoms with Gasteiger partial charge in [-0.3, -0.25) is 4.79 Å². The molecule has 0 unspecified atom stereocenters. The molecule has 3 heterocycles. The number of anilines is 2. The summed E-state index contributed by atoms with van der Waals surface area (Å²) in [5.41, 5.74) is 1.91. The van der Waals surface area contributed by atoms with E-state index < -0.39 is 12.1 Å². The summed E-state index contributed by atoms with van der Waals surface area (Å²) in [5, 5.41) is 7.19. The quantitative estimate of drug-likeness (QED) is 0.519. The number of carbonyl (C=O) groups is 1. The Morgan fingerprint density at radius 1 is 1.23 bits per heavy atom. The van der Waals surface area contributed by atoms with Crippen LogP contribution in [-0.2, 0) is 4.79 Å². The van der Waals surface area contributed by atoms with Gasteiger partial charge in [-0.05, 0) is 24.6 Å². The highest BCUT2D eigenvalue weighted by molar-refractivity contribution is 6.03. The van der Waals surface area contributed by atoms with Crippen molar-refractivity contribution in [2.45, 2.75) is 12.6 Å². The van der Waals surface area contributed by atoms with Crippen molar-refractivity contribution in [2.24, 2.45) is 5.92 Å². The zero-order valence-electron chi connectivity index (χ0n) is 16.3. The summed E-state index contributed by atoms with van der Waals surface area (Å²) in [4.78, 5) is 25.4. The Hall–Kier alpha value is -3.75. The predicted molar refractivity (Wildman–Crippen MR) is 110 cm³/mol. The van der Waals surface area contributed by atoms with E-state index in [9.17, 15) is 9.18 Å². The zero-order valence-corrected chi connectivity index (χ0v) is 16.3. The summed E-state index contributed by atoms with van der Waals surface area (Å²) in [5.74, 6) is 1.05. The minimum absolute atomic E-state index is 0.255. The Balaban J connectivity index is 1.61. The molecule has 0 bridgehead atoms. The lowest BCUT2D eigenvalue weighted by Gasteiger charge is -2.10. The van der Waals surface area contributed by atoms with Crippen molar-refractivity contribution in [2.75, 3.05) is 24.8 Å². The highest BCUT2D eigenvalue weighted by Crippen LogP contribution is 2.36. The first-order chi connectivity index (χ1) is 14.6. The summed E-state index contributed by atoms with van der Waals surface area (Å²) < 4.78 is 24.4. The number of fused-ring (bicyclic) bond motifs is 2. The van der Waals surface area contributed by atoms with E-state index in [0.717, 1.165) is 10.8 Å². The smallest absolute Gasteiger partial charge is 0.231 e. The molecule has 1 aliphatic carbocycles. The average molecular weight is 407 g/mol. The molecule has 152 valence electrons. The molecule has 1 fully saturated rings. The second-order valence-electron chi connectivity index (χ2n) is 7.09. The number of oxazole rings is 1. The van der Waals surface area contributed by atoms with E-state index in [0.29, 0.717) is 39.9 Å². The van der Waals surface area contributed by atoms with Crippen molar-refractivity contribution in [1.82, 2.24) is 15.0 Å². The molecule has 3 aromatic heterocycles. The Morgan fingerprint density at radius 3 is 2.80 bits per heavy atom. The maximum absolute atomic E-state index is 13.2. The fourth-order valence-electron chi connectivity index (χ4n) is 3.38. The first kappa shape index (κ1) is 18.3. The number of amides is 1. The van der Waals surface area contributed by atoms with Crippen LogP contribution in [0, 0.1) is 5.92 Å². The monoisotopic (exact) mass is 407 g/mol. The molecule has 0 spiro atoms. The SMILES string of the molecule is CNc1ncc(-c2nc3cc(OC)ccc3o2)c2cc(NC(=O)[C@H]3C[C@H]3F)ncc12.